The van der Waals surface area contributed by atoms with Crippen molar-refractivity contribution in [3.8, 4) is 0 Å². The molecule has 2 rings (SSSR count). The van der Waals surface area contributed by atoms with Crippen LogP contribution in [0.1, 0.15) is 24.6 Å². The normalized spacial score (nSPS) is 15.9. The van der Waals surface area contributed by atoms with E-state index in [0.717, 1.165) is 23.5 Å². The van der Waals surface area contributed by atoms with Crippen molar-refractivity contribution in [1.29, 1.82) is 0 Å². The zero-order valence-corrected chi connectivity index (χ0v) is 11.3. The van der Waals surface area contributed by atoms with Crippen LogP contribution in [0.3, 0.4) is 0 Å². The number of likely N-dealkylation sites (N-methyl/N-ethyl adjacent to an activating group) is 1. The summed E-state index contributed by atoms with van der Waals surface area (Å²) in [4.78, 5) is 3.88. The molecule has 1 N–H and O–H groups in total. The second-order valence-electron chi connectivity index (χ2n) is 4.24. The second kappa shape index (κ2) is 6.01. The molecule has 1 aromatic heterocycles. The molecule has 90 valence electrons. The fourth-order valence-corrected chi connectivity index (χ4v) is 2.98. The third-order valence-corrected chi connectivity index (χ3v) is 4.20. The van der Waals surface area contributed by atoms with E-state index < -0.39 is 0 Å². The van der Waals surface area contributed by atoms with Crippen molar-refractivity contribution in [3.05, 3.63) is 21.3 Å². The van der Waals surface area contributed by atoms with E-state index in [9.17, 15) is 0 Å². The molecule has 1 aliphatic rings. The van der Waals surface area contributed by atoms with Crippen molar-refractivity contribution in [1.82, 2.24) is 10.2 Å². The Balaban J connectivity index is 1.60. The lowest BCUT2D eigenvalue weighted by Crippen LogP contribution is -2.33. The number of halogens is 1. The Hall–Kier alpha value is -0.0900. The number of hydrogen-bond donors (Lipinski definition) is 1. The lowest BCUT2D eigenvalue weighted by atomic mass is 10.4. The average molecular weight is 259 g/mol. The molecule has 0 saturated heterocycles. The van der Waals surface area contributed by atoms with E-state index in [1.54, 1.807) is 11.3 Å². The minimum absolute atomic E-state index is 0.878. The smallest absolute Gasteiger partial charge is 0.0931 e. The Labute approximate surface area is 107 Å². The van der Waals surface area contributed by atoms with Crippen molar-refractivity contribution in [2.75, 3.05) is 19.6 Å². The van der Waals surface area contributed by atoms with Crippen molar-refractivity contribution in [2.45, 2.75) is 32.4 Å². The van der Waals surface area contributed by atoms with Gasteiger partial charge in [-0.2, -0.15) is 0 Å². The van der Waals surface area contributed by atoms with Crippen molar-refractivity contribution in [3.63, 3.8) is 0 Å². The molecule has 0 atom stereocenters. The molecule has 0 bridgehead atoms. The average Bonchev–Trinajstić information content (AvgIpc) is 3.03. The van der Waals surface area contributed by atoms with Crippen LogP contribution in [0.2, 0.25) is 4.34 Å². The molecular weight excluding hydrogens is 240 g/mol. The van der Waals surface area contributed by atoms with Gasteiger partial charge in [-0.05, 0) is 31.5 Å². The standard InChI is InChI=1S/C12H19ClN2S/c1-2-15(10-3-4-10)8-7-14-9-11-5-6-12(13)16-11/h5-6,10,14H,2-4,7-9H2,1H3. The van der Waals surface area contributed by atoms with Gasteiger partial charge in [-0.3, -0.25) is 4.90 Å². The van der Waals surface area contributed by atoms with E-state index in [-0.39, 0.29) is 0 Å². The van der Waals surface area contributed by atoms with Gasteiger partial charge in [0.1, 0.15) is 0 Å². The quantitative estimate of drug-likeness (QED) is 0.757. The van der Waals surface area contributed by atoms with Crippen LogP contribution in [-0.4, -0.2) is 30.6 Å². The highest BCUT2D eigenvalue weighted by molar-refractivity contribution is 7.16. The van der Waals surface area contributed by atoms with Gasteiger partial charge in [0.05, 0.1) is 4.34 Å². The largest absolute Gasteiger partial charge is 0.311 e. The number of nitrogens with zero attached hydrogens (tertiary/aromatic N) is 1. The molecule has 1 aromatic rings. The van der Waals surface area contributed by atoms with Gasteiger partial charge in [0.2, 0.25) is 0 Å². The molecule has 1 saturated carbocycles. The second-order valence-corrected chi connectivity index (χ2v) is 6.04. The van der Waals surface area contributed by atoms with Gasteiger partial charge in [-0.1, -0.05) is 18.5 Å². The summed E-state index contributed by atoms with van der Waals surface area (Å²) in [5.41, 5.74) is 0. The van der Waals surface area contributed by atoms with Crippen LogP contribution in [-0.2, 0) is 6.54 Å². The van der Waals surface area contributed by atoms with E-state index in [1.165, 1.54) is 30.8 Å². The summed E-state index contributed by atoms with van der Waals surface area (Å²) in [6.45, 7) is 6.61. The molecule has 16 heavy (non-hydrogen) atoms. The molecule has 0 aliphatic heterocycles. The van der Waals surface area contributed by atoms with Crippen LogP contribution in [0.4, 0.5) is 0 Å². The zero-order valence-electron chi connectivity index (χ0n) is 9.71. The molecule has 1 fully saturated rings. The fourth-order valence-electron chi connectivity index (χ4n) is 1.92. The summed E-state index contributed by atoms with van der Waals surface area (Å²) in [6, 6.07) is 4.94. The van der Waals surface area contributed by atoms with E-state index in [0.29, 0.717) is 0 Å². The first kappa shape index (κ1) is 12.4. The van der Waals surface area contributed by atoms with Gasteiger partial charge >= 0.3 is 0 Å². The fraction of sp³-hybridized carbons (Fsp3) is 0.667. The Bertz CT molecular complexity index is 323. The summed E-state index contributed by atoms with van der Waals surface area (Å²) in [6.07, 6.45) is 2.79. The summed E-state index contributed by atoms with van der Waals surface area (Å²) < 4.78 is 0.880. The molecule has 4 heteroatoms. The third kappa shape index (κ3) is 3.74. The molecule has 0 radical (unpaired) electrons. The zero-order chi connectivity index (χ0) is 11.4. The van der Waals surface area contributed by atoms with Crippen LogP contribution in [0.25, 0.3) is 0 Å². The van der Waals surface area contributed by atoms with Gasteiger partial charge in [-0.25, -0.2) is 0 Å². The highest BCUT2D eigenvalue weighted by Crippen LogP contribution is 2.26. The summed E-state index contributed by atoms with van der Waals surface area (Å²) in [5.74, 6) is 0. The maximum absolute atomic E-state index is 5.88. The third-order valence-electron chi connectivity index (χ3n) is 2.97. The topological polar surface area (TPSA) is 15.3 Å². The maximum Gasteiger partial charge on any atom is 0.0931 e. The van der Waals surface area contributed by atoms with Gasteiger partial charge < -0.3 is 5.32 Å². The van der Waals surface area contributed by atoms with Gasteiger partial charge in [0, 0.05) is 30.6 Å². The van der Waals surface area contributed by atoms with Crippen LogP contribution in [0.5, 0.6) is 0 Å². The number of hydrogen-bond acceptors (Lipinski definition) is 3. The number of nitrogens with one attached hydrogen (secondary N) is 1. The molecular formula is C12H19ClN2S. The highest BCUT2D eigenvalue weighted by atomic mass is 35.5. The Morgan fingerprint density at radius 2 is 2.31 bits per heavy atom. The lowest BCUT2D eigenvalue weighted by Gasteiger charge is -2.19. The maximum atomic E-state index is 5.88. The monoisotopic (exact) mass is 258 g/mol. The minimum Gasteiger partial charge on any atom is -0.311 e. The first-order chi connectivity index (χ1) is 7.79. The van der Waals surface area contributed by atoms with Crippen LogP contribution in [0, 0.1) is 0 Å². The van der Waals surface area contributed by atoms with Crippen molar-refractivity contribution < 1.29 is 0 Å². The molecule has 0 unspecified atom stereocenters. The minimum atomic E-state index is 0.878. The van der Waals surface area contributed by atoms with E-state index in [1.807, 2.05) is 6.07 Å². The Morgan fingerprint density at radius 3 is 2.88 bits per heavy atom. The summed E-state index contributed by atoms with van der Waals surface area (Å²) >= 11 is 7.54. The van der Waals surface area contributed by atoms with Gasteiger partial charge in [0.25, 0.3) is 0 Å². The summed E-state index contributed by atoms with van der Waals surface area (Å²) in [7, 11) is 0. The predicted octanol–water partition coefficient (Wildman–Crippen LogP) is 2.98. The Kier molecular flexibility index (Phi) is 4.65. The van der Waals surface area contributed by atoms with Gasteiger partial charge in [-0.15, -0.1) is 11.3 Å². The SMILES string of the molecule is CCN(CCNCc1ccc(Cl)s1)C1CC1. The highest BCUT2D eigenvalue weighted by Gasteiger charge is 2.26. The lowest BCUT2D eigenvalue weighted by molar-refractivity contribution is 0.277. The van der Waals surface area contributed by atoms with E-state index in [4.69, 9.17) is 11.6 Å². The number of rotatable bonds is 7. The first-order valence-electron chi connectivity index (χ1n) is 5.98. The molecule has 0 spiro atoms. The first-order valence-corrected chi connectivity index (χ1v) is 7.18. The molecule has 1 heterocycles. The van der Waals surface area contributed by atoms with Crippen molar-refractivity contribution >= 4 is 22.9 Å². The molecule has 1 aliphatic carbocycles. The van der Waals surface area contributed by atoms with Crippen LogP contribution >= 0.6 is 22.9 Å². The summed E-state index contributed by atoms with van der Waals surface area (Å²) in [5, 5.41) is 3.47. The van der Waals surface area contributed by atoms with E-state index in [2.05, 4.69) is 23.2 Å². The number of thiophene rings is 1. The molecule has 0 amide bonds. The van der Waals surface area contributed by atoms with Gasteiger partial charge in [0.15, 0.2) is 0 Å². The molecule has 2 nitrogen and oxygen atoms in total. The van der Waals surface area contributed by atoms with Crippen LogP contribution in [0.15, 0.2) is 12.1 Å². The van der Waals surface area contributed by atoms with Crippen molar-refractivity contribution in [2.24, 2.45) is 0 Å². The Morgan fingerprint density at radius 1 is 1.50 bits per heavy atom. The van der Waals surface area contributed by atoms with E-state index >= 15 is 0 Å². The molecule has 0 aromatic carbocycles. The van der Waals surface area contributed by atoms with Crippen LogP contribution < -0.4 is 5.32 Å². The predicted molar refractivity (Wildman–Crippen MR) is 71.3 cm³/mol.